The van der Waals surface area contributed by atoms with E-state index in [4.69, 9.17) is 14.7 Å². The van der Waals surface area contributed by atoms with Crippen molar-refractivity contribution in [2.75, 3.05) is 13.4 Å². The Labute approximate surface area is 173 Å². The van der Waals surface area contributed by atoms with Crippen molar-refractivity contribution in [3.63, 3.8) is 0 Å². The van der Waals surface area contributed by atoms with Crippen molar-refractivity contribution in [3.8, 4) is 34.6 Å². The SMILES string of the molecule is COc1ncccc1-c1cc(C(=O)NS(C)(=O)=O)ccc1Oc1ccc(C#N)cc1. The number of pyridine rings is 1. The average Bonchev–Trinajstić information content (AvgIpc) is 2.73. The molecule has 9 heteroatoms. The lowest BCUT2D eigenvalue weighted by molar-refractivity contribution is 0.0981. The highest BCUT2D eigenvalue weighted by molar-refractivity contribution is 7.89. The molecule has 0 spiro atoms. The summed E-state index contributed by atoms with van der Waals surface area (Å²) in [7, 11) is -2.26. The number of nitrogens with one attached hydrogen (secondary N) is 1. The maximum absolute atomic E-state index is 12.3. The van der Waals surface area contributed by atoms with Gasteiger partial charge in [0.15, 0.2) is 0 Å². The Morgan fingerprint density at radius 2 is 1.83 bits per heavy atom. The molecule has 0 bridgehead atoms. The summed E-state index contributed by atoms with van der Waals surface area (Å²) in [5.41, 5.74) is 1.64. The van der Waals surface area contributed by atoms with Crippen molar-refractivity contribution >= 4 is 15.9 Å². The summed E-state index contributed by atoms with van der Waals surface area (Å²) in [5, 5.41) is 8.94. The summed E-state index contributed by atoms with van der Waals surface area (Å²) in [5.74, 6) is 0.405. The van der Waals surface area contributed by atoms with E-state index in [2.05, 4.69) is 4.98 Å². The van der Waals surface area contributed by atoms with Crippen LogP contribution in [-0.2, 0) is 10.0 Å². The molecule has 0 saturated carbocycles. The van der Waals surface area contributed by atoms with Crippen LogP contribution in [0.25, 0.3) is 11.1 Å². The molecule has 0 unspecified atom stereocenters. The topological polar surface area (TPSA) is 118 Å². The number of benzene rings is 2. The molecule has 30 heavy (non-hydrogen) atoms. The second kappa shape index (κ2) is 8.63. The monoisotopic (exact) mass is 423 g/mol. The number of aromatic nitrogens is 1. The summed E-state index contributed by atoms with van der Waals surface area (Å²) in [6.45, 7) is 0. The second-order valence-electron chi connectivity index (χ2n) is 6.21. The third kappa shape index (κ3) is 4.92. The molecular weight excluding hydrogens is 406 g/mol. The molecule has 0 aliphatic rings. The first-order valence-corrected chi connectivity index (χ1v) is 10.5. The van der Waals surface area contributed by atoms with E-state index in [9.17, 15) is 13.2 Å². The van der Waals surface area contributed by atoms with Gasteiger partial charge in [0.1, 0.15) is 11.5 Å². The molecule has 0 fully saturated rings. The number of hydrogen-bond acceptors (Lipinski definition) is 7. The number of rotatable bonds is 6. The molecule has 0 saturated heterocycles. The Hall–Kier alpha value is -3.90. The first-order chi connectivity index (χ1) is 14.3. The Balaban J connectivity index is 2.09. The molecule has 0 atom stereocenters. The zero-order valence-electron chi connectivity index (χ0n) is 16.1. The van der Waals surface area contributed by atoms with Crippen molar-refractivity contribution in [1.29, 1.82) is 5.26 Å². The molecule has 8 nitrogen and oxygen atoms in total. The van der Waals surface area contributed by atoms with Crippen LogP contribution in [0.2, 0.25) is 0 Å². The van der Waals surface area contributed by atoms with Gasteiger partial charge in [0.25, 0.3) is 5.91 Å². The number of ether oxygens (including phenoxy) is 2. The molecule has 3 aromatic rings. The maximum Gasteiger partial charge on any atom is 0.264 e. The van der Waals surface area contributed by atoms with Crippen molar-refractivity contribution < 1.29 is 22.7 Å². The number of methoxy groups -OCH3 is 1. The number of carbonyl (C=O) groups is 1. The average molecular weight is 423 g/mol. The van der Waals surface area contributed by atoms with Gasteiger partial charge in [-0.25, -0.2) is 18.1 Å². The maximum atomic E-state index is 12.3. The van der Waals surface area contributed by atoms with Crippen LogP contribution in [0.1, 0.15) is 15.9 Å². The van der Waals surface area contributed by atoms with Crippen molar-refractivity contribution in [1.82, 2.24) is 9.71 Å². The molecule has 2 aromatic carbocycles. The number of amides is 1. The quantitative estimate of drug-likeness (QED) is 0.647. The molecule has 0 aliphatic heterocycles. The normalized spacial score (nSPS) is 10.7. The van der Waals surface area contributed by atoms with E-state index < -0.39 is 15.9 Å². The first kappa shape index (κ1) is 20.8. The molecule has 1 N–H and O–H groups in total. The fourth-order valence-corrected chi connectivity index (χ4v) is 3.14. The zero-order valence-corrected chi connectivity index (χ0v) is 16.9. The Bertz CT molecular complexity index is 1230. The van der Waals surface area contributed by atoms with Gasteiger partial charge in [-0.15, -0.1) is 0 Å². The lowest BCUT2D eigenvalue weighted by Crippen LogP contribution is -2.29. The Kier molecular flexibility index (Phi) is 5.99. The largest absolute Gasteiger partial charge is 0.481 e. The highest BCUT2D eigenvalue weighted by Crippen LogP contribution is 2.38. The van der Waals surface area contributed by atoms with Gasteiger partial charge in [-0.05, 0) is 54.6 Å². The minimum atomic E-state index is -3.72. The Morgan fingerprint density at radius 1 is 1.10 bits per heavy atom. The van der Waals surface area contributed by atoms with Crippen molar-refractivity contribution in [2.24, 2.45) is 0 Å². The second-order valence-corrected chi connectivity index (χ2v) is 7.96. The number of sulfonamides is 1. The van der Waals surface area contributed by atoms with E-state index in [1.165, 1.54) is 19.2 Å². The van der Waals surface area contributed by atoms with E-state index in [0.29, 0.717) is 34.1 Å². The van der Waals surface area contributed by atoms with Gasteiger partial charge >= 0.3 is 0 Å². The first-order valence-electron chi connectivity index (χ1n) is 8.64. The minimum Gasteiger partial charge on any atom is -0.481 e. The van der Waals surface area contributed by atoms with E-state index in [-0.39, 0.29) is 5.56 Å². The zero-order chi connectivity index (χ0) is 21.7. The van der Waals surface area contributed by atoms with Gasteiger partial charge in [0.05, 0.1) is 25.0 Å². The van der Waals surface area contributed by atoms with Gasteiger partial charge in [-0.2, -0.15) is 5.26 Å². The van der Waals surface area contributed by atoms with Crippen LogP contribution in [0.4, 0.5) is 0 Å². The fourth-order valence-electron chi connectivity index (χ4n) is 2.68. The standard InChI is InChI=1S/C21H17N3O5S/c1-28-21-17(4-3-11-23-21)18-12-15(20(25)24-30(2,26)27)7-10-19(18)29-16-8-5-14(13-22)6-9-16/h3-12H,1-2H3,(H,24,25). The highest BCUT2D eigenvalue weighted by Gasteiger charge is 2.18. The van der Waals surface area contributed by atoms with Crippen molar-refractivity contribution in [2.45, 2.75) is 0 Å². The van der Waals surface area contributed by atoms with E-state index >= 15 is 0 Å². The van der Waals surface area contributed by atoms with Gasteiger partial charge in [0, 0.05) is 22.9 Å². The third-order valence-electron chi connectivity index (χ3n) is 3.99. The van der Waals surface area contributed by atoms with E-state index in [0.717, 1.165) is 6.26 Å². The predicted molar refractivity (Wildman–Crippen MR) is 110 cm³/mol. The van der Waals surface area contributed by atoms with Gasteiger partial charge < -0.3 is 9.47 Å². The molecule has 1 aromatic heterocycles. The number of nitrogens with zero attached hydrogens (tertiary/aromatic N) is 2. The molecule has 1 amide bonds. The van der Waals surface area contributed by atoms with Crippen LogP contribution in [0.5, 0.6) is 17.4 Å². The summed E-state index contributed by atoms with van der Waals surface area (Å²) in [4.78, 5) is 16.5. The summed E-state index contributed by atoms with van der Waals surface area (Å²) >= 11 is 0. The number of carbonyl (C=O) groups excluding carboxylic acids is 1. The molecule has 152 valence electrons. The molecule has 0 radical (unpaired) electrons. The number of nitriles is 1. The van der Waals surface area contributed by atoms with Gasteiger partial charge in [-0.1, -0.05) is 0 Å². The lowest BCUT2D eigenvalue weighted by Gasteiger charge is -2.15. The Morgan fingerprint density at radius 3 is 2.47 bits per heavy atom. The van der Waals surface area contributed by atoms with Crippen LogP contribution in [0, 0.1) is 11.3 Å². The van der Waals surface area contributed by atoms with Crippen LogP contribution in [0.3, 0.4) is 0 Å². The van der Waals surface area contributed by atoms with Crippen LogP contribution < -0.4 is 14.2 Å². The summed E-state index contributed by atoms with van der Waals surface area (Å²) < 4.78 is 36.1. The highest BCUT2D eigenvalue weighted by atomic mass is 32.2. The number of hydrogen-bond donors (Lipinski definition) is 1. The molecule has 3 rings (SSSR count). The summed E-state index contributed by atoms with van der Waals surface area (Å²) in [6, 6.07) is 16.5. The third-order valence-corrected chi connectivity index (χ3v) is 4.54. The van der Waals surface area contributed by atoms with Crippen LogP contribution >= 0.6 is 0 Å². The van der Waals surface area contributed by atoms with Gasteiger partial charge in [0.2, 0.25) is 15.9 Å². The van der Waals surface area contributed by atoms with Crippen LogP contribution in [0.15, 0.2) is 60.8 Å². The summed E-state index contributed by atoms with van der Waals surface area (Å²) in [6.07, 6.45) is 2.46. The molecular formula is C21H17N3O5S. The predicted octanol–water partition coefficient (Wildman–Crippen LogP) is 3.11. The van der Waals surface area contributed by atoms with Gasteiger partial charge in [-0.3, -0.25) is 4.79 Å². The van der Waals surface area contributed by atoms with E-state index in [1.807, 2.05) is 10.8 Å². The van der Waals surface area contributed by atoms with Crippen LogP contribution in [-0.4, -0.2) is 32.7 Å². The smallest absolute Gasteiger partial charge is 0.264 e. The molecule has 0 aliphatic carbocycles. The minimum absolute atomic E-state index is 0.119. The lowest BCUT2D eigenvalue weighted by atomic mass is 10.0. The fraction of sp³-hybridized carbons (Fsp3) is 0.0952. The van der Waals surface area contributed by atoms with Crippen molar-refractivity contribution in [3.05, 3.63) is 71.9 Å². The van der Waals surface area contributed by atoms with E-state index in [1.54, 1.807) is 48.7 Å². The molecule has 1 heterocycles.